The lowest BCUT2D eigenvalue weighted by molar-refractivity contribution is 0.595. The van der Waals surface area contributed by atoms with E-state index in [0.717, 1.165) is 16.5 Å². The van der Waals surface area contributed by atoms with Crippen molar-refractivity contribution in [1.29, 1.82) is 0 Å². The molecule has 0 bridgehead atoms. The van der Waals surface area contributed by atoms with Gasteiger partial charge in [-0.1, -0.05) is 18.2 Å². The Morgan fingerprint density at radius 2 is 2.13 bits per heavy atom. The van der Waals surface area contributed by atoms with E-state index in [4.69, 9.17) is 10.2 Å². The molecule has 2 aromatic heterocycles. The van der Waals surface area contributed by atoms with Crippen LogP contribution >= 0.6 is 0 Å². The normalized spacial score (nSPS) is 10.9. The summed E-state index contributed by atoms with van der Waals surface area (Å²) < 4.78 is 5.28. The standard InChI is InChI=1S/C11H9N3O/c12-11-14-6-10(15-11)8-5-13-9-4-2-1-3-7(8)9/h1-6,13H,(H2,12,14). The molecule has 3 aromatic rings. The van der Waals surface area contributed by atoms with Gasteiger partial charge in [0.1, 0.15) is 0 Å². The summed E-state index contributed by atoms with van der Waals surface area (Å²) in [7, 11) is 0. The third-order valence-corrected chi connectivity index (χ3v) is 2.38. The molecule has 0 radical (unpaired) electrons. The monoisotopic (exact) mass is 199 g/mol. The molecule has 0 saturated heterocycles. The van der Waals surface area contributed by atoms with E-state index in [0.29, 0.717) is 5.76 Å². The second-order valence-corrected chi connectivity index (χ2v) is 3.31. The third-order valence-electron chi connectivity index (χ3n) is 2.38. The third kappa shape index (κ3) is 1.19. The number of hydrogen-bond acceptors (Lipinski definition) is 3. The Bertz CT molecular complexity index is 609. The molecular formula is C11H9N3O. The number of H-pyrrole nitrogens is 1. The predicted molar refractivity (Wildman–Crippen MR) is 58.2 cm³/mol. The van der Waals surface area contributed by atoms with Crippen molar-refractivity contribution in [3.05, 3.63) is 36.7 Å². The summed E-state index contributed by atoms with van der Waals surface area (Å²) in [6, 6.07) is 8.20. The van der Waals surface area contributed by atoms with Gasteiger partial charge in [0.15, 0.2) is 5.76 Å². The van der Waals surface area contributed by atoms with E-state index in [-0.39, 0.29) is 6.01 Å². The van der Waals surface area contributed by atoms with Crippen molar-refractivity contribution < 1.29 is 4.42 Å². The Morgan fingerprint density at radius 3 is 2.93 bits per heavy atom. The molecule has 0 aliphatic heterocycles. The number of nitrogens with one attached hydrogen (secondary N) is 1. The zero-order chi connectivity index (χ0) is 10.3. The SMILES string of the molecule is Nc1ncc(-c2c[nH]c3ccccc23)o1. The minimum absolute atomic E-state index is 0.190. The van der Waals surface area contributed by atoms with Crippen LogP contribution in [0.25, 0.3) is 22.2 Å². The number of aromatic nitrogens is 2. The van der Waals surface area contributed by atoms with Gasteiger partial charge in [-0.15, -0.1) is 0 Å². The van der Waals surface area contributed by atoms with E-state index in [1.54, 1.807) is 6.20 Å². The van der Waals surface area contributed by atoms with Gasteiger partial charge in [0, 0.05) is 22.7 Å². The van der Waals surface area contributed by atoms with Crippen LogP contribution in [0.15, 0.2) is 41.1 Å². The van der Waals surface area contributed by atoms with Gasteiger partial charge in [-0.25, -0.2) is 4.98 Å². The van der Waals surface area contributed by atoms with E-state index >= 15 is 0 Å². The highest BCUT2D eigenvalue weighted by atomic mass is 16.4. The second-order valence-electron chi connectivity index (χ2n) is 3.31. The first kappa shape index (κ1) is 8.11. The summed E-state index contributed by atoms with van der Waals surface area (Å²) >= 11 is 0. The Labute approximate surface area is 85.7 Å². The molecule has 0 amide bonds. The number of anilines is 1. The lowest BCUT2D eigenvalue weighted by Gasteiger charge is -1.92. The number of nitrogens with zero attached hydrogens (tertiary/aromatic N) is 1. The predicted octanol–water partition coefficient (Wildman–Crippen LogP) is 2.41. The van der Waals surface area contributed by atoms with Crippen LogP contribution < -0.4 is 5.73 Å². The molecule has 3 N–H and O–H groups in total. The summed E-state index contributed by atoms with van der Waals surface area (Å²) in [6.45, 7) is 0. The minimum atomic E-state index is 0.190. The average Bonchev–Trinajstić information content (AvgIpc) is 2.83. The minimum Gasteiger partial charge on any atom is -0.424 e. The highest BCUT2D eigenvalue weighted by molar-refractivity contribution is 5.94. The van der Waals surface area contributed by atoms with Crippen molar-refractivity contribution in [2.24, 2.45) is 0 Å². The quantitative estimate of drug-likeness (QED) is 0.632. The molecule has 2 heterocycles. The van der Waals surface area contributed by atoms with Crippen molar-refractivity contribution in [1.82, 2.24) is 9.97 Å². The molecule has 0 aliphatic carbocycles. The second kappa shape index (κ2) is 2.88. The van der Waals surface area contributed by atoms with Crippen molar-refractivity contribution in [2.75, 3.05) is 5.73 Å². The van der Waals surface area contributed by atoms with E-state index < -0.39 is 0 Å². The molecule has 0 fully saturated rings. The fraction of sp³-hybridized carbons (Fsp3) is 0. The van der Waals surface area contributed by atoms with Crippen molar-refractivity contribution >= 4 is 16.9 Å². The summed E-state index contributed by atoms with van der Waals surface area (Å²) in [6.07, 6.45) is 3.52. The zero-order valence-electron chi connectivity index (χ0n) is 7.90. The fourth-order valence-electron chi connectivity index (χ4n) is 1.69. The Hall–Kier alpha value is -2.23. The maximum absolute atomic E-state index is 5.44. The maximum Gasteiger partial charge on any atom is 0.292 e. The number of para-hydroxylation sites is 1. The number of aromatic amines is 1. The first-order valence-electron chi connectivity index (χ1n) is 4.62. The summed E-state index contributed by atoms with van der Waals surface area (Å²) in [5, 5.41) is 1.11. The van der Waals surface area contributed by atoms with Crippen LogP contribution in [0.3, 0.4) is 0 Å². The number of nitrogens with two attached hydrogens (primary N) is 1. The van der Waals surface area contributed by atoms with Crippen molar-refractivity contribution in [3.63, 3.8) is 0 Å². The molecule has 0 atom stereocenters. The van der Waals surface area contributed by atoms with Crippen LogP contribution in [0.5, 0.6) is 0 Å². The van der Waals surface area contributed by atoms with Crippen LogP contribution in [0.2, 0.25) is 0 Å². The number of fused-ring (bicyclic) bond motifs is 1. The van der Waals surface area contributed by atoms with Gasteiger partial charge < -0.3 is 15.1 Å². The van der Waals surface area contributed by atoms with Crippen LogP contribution in [0.1, 0.15) is 0 Å². The van der Waals surface area contributed by atoms with E-state index in [1.165, 1.54) is 0 Å². The summed E-state index contributed by atoms with van der Waals surface area (Å²) in [4.78, 5) is 7.04. The van der Waals surface area contributed by atoms with Crippen LogP contribution in [-0.2, 0) is 0 Å². The van der Waals surface area contributed by atoms with Gasteiger partial charge in [0.2, 0.25) is 0 Å². The zero-order valence-corrected chi connectivity index (χ0v) is 7.90. The number of hydrogen-bond donors (Lipinski definition) is 2. The van der Waals surface area contributed by atoms with Gasteiger partial charge >= 0.3 is 0 Å². The molecule has 74 valence electrons. The molecule has 0 spiro atoms. The largest absolute Gasteiger partial charge is 0.424 e. The average molecular weight is 199 g/mol. The molecule has 0 unspecified atom stereocenters. The molecule has 4 heteroatoms. The van der Waals surface area contributed by atoms with E-state index in [2.05, 4.69) is 9.97 Å². The highest BCUT2D eigenvalue weighted by Gasteiger charge is 2.09. The number of oxazole rings is 1. The van der Waals surface area contributed by atoms with E-state index in [9.17, 15) is 0 Å². The number of nitrogen functional groups attached to an aromatic ring is 1. The Kier molecular flexibility index (Phi) is 1.56. The number of benzene rings is 1. The molecule has 15 heavy (non-hydrogen) atoms. The highest BCUT2D eigenvalue weighted by Crippen LogP contribution is 2.29. The molecular weight excluding hydrogens is 190 g/mol. The molecule has 3 rings (SSSR count). The molecule has 4 nitrogen and oxygen atoms in total. The first-order chi connectivity index (χ1) is 7.34. The maximum atomic E-state index is 5.44. The molecule has 1 aromatic carbocycles. The fourth-order valence-corrected chi connectivity index (χ4v) is 1.69. The van der Waals surface area contributed by atoms with Gasteiger partial charge in [-0.05, 0) is 6.07 Å². The Morgan fingerprint density at radius 1 is 1.27 bits per heavy atom. The van der Waals surface area contributed by atoms with E-state index in [1.807, 2.05) is 30.5 Å². The summed E-state index contributed by atoms with van der Waals surface area (Å²) in [5.41, 5.74) is 7.49. The van der Waals surface area contributed by atoms with Gasteiger partial charge in [0.05, 0.1) is 6.20 Å². The smallest absolute Gasteiger partial charge is 0.292 e. The van der Waals surface area contributed by atoms with Crippen molar-refractivity contribution in [3.8, 4) is 11.3 Å². The topological polar surface area (TPSA) is 67.8 Å². The lowest BCUT2D eigenvalue weighted by Crippen LogP contribution is -1.79. The van der Waals surface area contributed by atoms with Gasteiger partial charge in [0.25, 0.3) is 6.01 Å². The lowest BCUT2D eigenvalue weighted by atomic mass is 10.1. The molecule has 0 saturated carbocycles. The van der Waals surface area contributed by atoms with Crippen LogP contribution in [-0.4, -0.2) is 9.97 Å². The van der Waals surface area contributed by atoms with Gasteiger partial charge in [-0.3, -0.25) is 0 Å². The van der Waals surface area contributed by atoms with Gasteiger partial charge in [-0.2, -0.15) is 0 Å². The van der Waals surface area contributed by atoms with Crippen molar-refractivity contribution in [2.45, 2.75) is 0 Å². The Balaban J connectivity index is 2.27. The molecule has 0 aliphatic rings. The van der Waals surface area contributed by atoms with Crippen LogP contribution in [0, 0.1) is 0 Å². The summed E-state index contributed by atoms with van der Waals surface area (Å²) in [5.74, 6) is 0.685. The first-order valence-corrected chi connectivity index (χ1v) is 4.62. The number of rotatable bonds is 1. The van der Waals surface area contributed by atoms with Crippen LogP contribution in [0.4, 0.5) is 6.01 Å².